The molecule has 1 aliphatic rings. The molecule has 1 fully saturated rings. The third-order valence-corrected chi connectivity index (χ3v) is 3.62. The van der Waals surface area contributed by atoms with Crippen molar-refractivity contribution in [2.24, 2.45) is 0 Å². The topological polar surface area (TPSA) is 29.3 Å². The van der Waals surface area contributed by atoms with Crippen molar-refractivity contribution in [2.45, 2.75) is 38.5 Å². The van der Waals surface area contributed by atoms with Crippen molar-refractivity contribution < 1.29 is 0 Å². The number of likely N-dealkylation sites (tertiary alicyclic amines) is 1. The van der Waals surface area contributed by atoms with E-state index in [9.17, 15) is 0 Å². The van der Waals surface area contributed by atoms with E-state index in [0.717, 1.165) is 5.69 Å². The number of rotatable bonds is 4. The molecule has 1 aliphatic heterocycles. The molecule has 2 N–H and O–H groups in total. The summed E-state index contributed by atoms with van der Waals surface area (Å²) in [5.41, 5.74) is 7.95. The lowest BCUT2D eigenvalue weighted by Gasteiger charge is -2.19. The molecule has 1 saturated heterocycles. The highest BCUT2D eigenvalue weighted by Gasteiger charge is 2.07. The molecule has 2 nitrogen and oxygen atoms in total. The van der Waals surface area contributed by atoms with Crippen molar-refractivity contribution in [1.82, 2.24) is 4.90 Å². The Hall–Kier alpha value is -1.02. The van der Waals surface area contributed by atoms with Gasteiger partial charge in [0.1, 0.15) is 0 Å². The van der Waals surface area contributed by atoms with E-state index in [2.05, 4.69) is 17.0 Å². The van der Waals surface area contributed by atoms with Crippen molar-refractivity contribution in [2.75, 3.05) is 25.4 Å². The Bertz CT molecular complexity index is 310. The van der Waals surface area contributed by atoms with Crippen LogP contribution in [0.4, 0.5) is 5.69 Å². The van der Waals surface area contributed by atoms with Crippen LogP contribution in [0, 0.1) is 0 Å². The number of benzene rings is 1. The summed E-state index contributed by atoms with van der Waals surface area (Å²) in [5, 5.41) is 0. The number of hydrogen-bond donors (Lipinski definition) is 1. The van der Waals surface area contributed by atoms with Gasteiger partial charge in [0.05, 0.1) is 0 Å². The molecule has 0 bridgehead atoms. The summed E-state index contributed by atoms with van der Waals surface area (Å²) in [5.74, 6) is 0. The van der Waals surface area contributed by atoms with Crippen LogP contribution in [0.5, 0.6) is 0 Å². The second-order valence-electron chi connectivity index (χ2n) is 5.10. The SMILES string of the molecule is Nc1ccc(CCCN2CCCCCC2)cc1. The summed E-state index contributed by atoms with van der Waals surface area (Å²) in [4.78, 5) is 2.63. The van der Waals surface area contributed by atoms with E-state index >= 15 is 0 Å². The maximum Gasteiger partial charge on any atom is 0.0314 e. The molecule has 2 heteroatoms. The zero-order valence-electron chi connectivity index (χ0n) is 10.7. The summed E-state index contributed by atoms with van der Waals surface area (Å²) < 4.78 is 0. The highest BCUT2D eigenvalue weighted by atomic mass is 15.1. The Morgan fingerprint density at radius 2 is 1.59 bits per heavy atom. The number of aryl methyl sites for hydroxylation is 1. The molecule has 0 amide bonds. The van der Waals surface area contributed by atoms with E-state index in [1.807, 2.05) is 12.1 Å². The largest absolute Gasteiger partial charge is 0.399 e. The van der Waals surface area contributed by atoms with Crippen molar-refractivity contribution >= 4 is 5.69 Å². The molecule has 0 radical (unpaired) electrons. The highest BCUT2D eigenvalue weighted by Crippen LogP contribution is 2.12. The minimum atomic E-state index is 0.862. The first-order valence-corrected chi connectivity index (χ1v) is 6.91. The molecule has 0 aromatic heterocycles. The van der Waals surface area contributed by atoms with Gasteiger partial charge >= 0.3 is 0 Å². The maximum absolute atomic E-state index is 5.68. The van der Waals surface area contributed by atoms with Crippen LogP contribution in [-0.2, 0) is 6.42 Å². The van der Waals surface area contributed by atoms with E-state index in [0.29, 0.717) is 0 Å². The van der Waals surface area contributed by atoms with Crippen LogP contribution >= 0.6 is 0 Å². The van der Waals surface area contributed by atoms with Crippen LogP contribution in [0.1, 0.15) is 37.7 Å². The molecule has 1 aromatic carbocycles. The van der Waals surface area contributed by atoms with Crippen molar-refractivity contribution in [1.29, 1.82) is 0 Å². The summed E-state index contributed by atoms with van der Waals surface area (Å²) in [6.07, 6.45) is 8.08. The summed E-state index contributed by atoms with van der Waals surface area (Å²) in [6, 6.07) is 8.30. The Kier molecular flexibility index (Phi) is 4.87. The Labute approximate surface area is 105 Å². The van der Waals surface area contributed by atoms with E-state index in [1.165, 1.54) is 63.7 Å². The Balaban J connectivity index is 1.69. The van der Waals surface area contributed by atoms with E-state index in [4.69, 9.17) is 5.73 Å². The Morgan fingerprint density at radius 1 is 0.941 bits per heavy atom. The molecule has 0 spiro atoms. The van der Waals surface area contributed by atoms with Crippen LogP contribution in [0.3, 0.4) is 0 Å². The predicted molar refractivity (Wildman–Crippen MR) is 74.1 cm³/mol. The molecular formula is C15H24N2. The monoisotopic (exact) mass is 232 g/mol. The normalized spacial score (nSPS) is 17.9. The minimum absolute atomic E-state index is 0.862. The van der Waals surface area contributed by atoms with Crippen LogP contribution < -0.4 is 5.73 Å². The van der Waals surface area contributed by atoms with Crippen LogP contribution in [0.2, 0.25) is 0 Å². The molecule has 1 heterocycles. The van der Waals surface area contributed by atoms with Crippen molar-refractivity contribution in [3.05, 3.63) is 29.8 Å². The lowest BCUT2D eigenvalue weighted by molar-refractivity contribution is 0.281. The van der Waals surface area contributed by atoms with E-state index in [-0.39, 0.29) is 0 Å². The standard InChI is InChI=1S/C15H24N2/c16-15-9-7-14(8-10-15)6-5-13-17-11-3-1-2-4-12-17/h7-10H,1-6,11-13,16H2. The molecule has 1 aromatic rings. The number of anilines is 1. The molecule has 2 rings (SSSR count). The van der Waals surface area contributed by atoms with E-state index in [1.54, 1.807) is 0 Å². The van der Waals surface area contributed by atoms with Gasteiger partial charge in [-0.3, -0.25) is 0 Å². The predicted octanol–water partition coefficient (Wildman–Crippen LogP) is 3.08. The molecule has 0 aliphatic carbocycles. The minimum Gasteiger partial charge on any atom is -0.399 e. The average molecular weight is 232 g/mol. The average Bonchev–Trinajstić information content (AvgIpc) is 2.60. The van der Waals surface area contributed by atoms with Gasteiger partial charge in [-0.25, -0.2) is 0 Å². The Morgan fingerprint density at radius 3 is 2.24 bits per heavy atom. The third-order valence-electron chi connectivity index (χ3n) is 3.62. The maximum atomic E-state index is 5.68. The molecule has 0 unspecified atom stereocenters. The van der Waals surface area contributed by atoms with E-state index < -0.39 is 0 Å². The smallest absolute Gasteiger partial charge is 0.0314 e. The first-order valence-electron chi connectivity index (χ1n) is 6.91. The molecule has 17 heavy (non-hydrogen) atoms. The zero-order chi connectivity index (χ0) is 11.9. The fraction of sp³-hybridized carbons (Fsp3) is 0.600. The van der Waals surface area contributed by atoms with Gasteiger partial charge in [-0.2, -0.15) is 0 Å². The van der Waals surface area contributed by atoms with Crippen molar-refractivity contribution in [3.8, 4) is 0 Å². The van der Waals surface area contributed by atoms with Crippen LogP contribution in [0.25, 0.3) is 0 Å². The number of nitrogens with two attached hydrogens (primary N) is 1. The van der Waals surface area contributed by atoms with Gasteiger partial charge in [0.2, 0.25) is 0 Å². The fourth-order valence-electron chi connectivity index (χ4n) is 2.55. The van der Waals surface area contributed by atoms with Gasteiger partial charge < -0.3 is 10.6 Å². The van der Waals surface area contributed by atoms with Gasteiger partial charge in [-0.15, -0.1) is 0 Å². The lowest BCUT2D eigenvalue weighted by atomic mass is 10.1. The quantitative estimate of drug-likeness (QED) is 0.808. The molecular weight excluding hydrogens is 208 g/mol. The third kappa shape index (κ3) is 4.39. The summed E-state index contributed by atoms with van der Waals surface area (Å²) in [7, 11) is 0. The second-order valence-corrected chi connectivity index (χ2v) is 5.10. The second kappa shape index (κ2) is 6.65. The number of nitrogens with zero attached hydrogens (tertiary/aromatic N) is 1. The van der Waals surface area contributed by atoms with Crippen LogP contribution in [-0.4, -0.2) is 24.5 Å². The fourth-order valence-corrected chi connectivity index (χ4v) is 2.55. The van der Waals surface area contributed by atoms with Gasteiger partial charge in [0, 0.05) is 5.69 Å². The summed E-state index contributed by atoms with van der Waals surface area (Å²) in [6.45, 7) is 3.87. The first-order chi connectivity index (χ1) is 8.34. The van der Waals surface area contributed by atoms with Gasteiger partial charge in [-0.1, -0.05) is 25.0 Å². The van der Waals surface area contributed by atoms with Crippen LogP contribution in [0.15, 0.2) is 24.3 Å². The van der Waals surface area contributed by atoms with Gasteiger partial charge in [-0.05, 0) is 63.0 Å². The van der Waals surface area contributed by atoms with Gasteiger partial charge in [0.15, 0.2) is 0 Å². The molecule has 0 saturated carbocycles. The van der Waals surface area contributed by atoms with Crippen molar-refractivity contribution in [3.63, 3.8) is 0 Å². The molecule has 0 atom stereocenters. The zero-order valence-corrected chi connectivity index (χ0v) is 10.7. The highest BCUT2D eigenvalue weighted by molar-refractivity contribution is 5.39. The number of nitrogen functional groups attached to an aromatic ring is 1. The first kappa shape index (κ1) is 12.4. The molecule has 94 valence electrons. The lowest BCUT2D eigenvalue weighted by Crippen LogP contribution is -2.26. The van der Waals surface area contributed by atoms with Gasteiger partial charge in [0.25, 0.3) is 0 Å². The summed E-state index contributed by atoms with van der Waals surface area (Å²) >= 11 is 0. The number of hydrogen-bond acceptors (Lipinski definition) is 2.